The van der Waals surface area contributed by atoms with E-state index in [0.29, 0.717) is 19.6 Å². The second-order valence-electron chi connectivity index (χ2n) is 6.67. The fraction of sp³-hybridized carbons (Fsp3) is 0.588. The number of hydrogen-bond acceptors (Lipinski definition) is 5. The molecule has 1 atom stereocenters. The molecule has 0 radical (unpaired) electrons. The Labute approximate surface area is 147 Å². The number of piperazine rings is 1. The van der Waals surface area contributed by atoms with Crippen LogP contribution in [0, 0.1) is 13.8 Å². The van der Waals surface area contributed by atoms with E-state index < -0.39 is 0 Å². The van der Waals surface area contributed by atoms with Gasteiger partial charge >= 0.3 is 6.03 Å². The molecular formula is C17H26N6O2. The predicted octanol–water partition coefficient (Wildman–Crippen LogP) is 1.66. The first-order chi connectivity index (χ1) is 12.0. The maximum atomic E-state index is 12.4. The summed E-state index contributed by atoms with van der Waals surface area (Å²) in [6.07, 6.45) is 3.86. The van der Waals surface area contributed by atoms with Crippen LogP contribution in [0.5, 0.6) is 0 Å². The normalized spacial score (nSPS) is 16.2. The molecule has 0 aliphatic carbocycles. The molecule has 136 valence electrons. The molecule has 1 saturated heterocycles. The van der Waals surface area contributed by atoms with Gasteiger partial charge in [-0.2, -0.15) is 5.10 Å². The Balaban J connectivity index is 1.48. The van der Waals surface area contributed by atoms with E-state index in [1.165, 1.54) is 0 Å². The summed E-state index contributed by atoms with van der Waals surface area (Å²) in [6, 6.07) is -0.00977. The number of amides is 2. The number of carbonyl (C=O) groups is 1. The Hall–Kier alpha value is -2.51. The van der Waals surface area contributed by atoms with Crippen molar-refractivity contribution in [2.45, 2.75) is 26.7 Å². The second kappa shape index (κ2) is 7.16. The largest absolute Gasteiger partial charge is 0.365 e. The van der Waals surface area contributed by atoms with Crippen LogP contribution in [0.4, 0.5) is 10.5 Å². The minimum Gasteiger partial charge on any atom is -0.365 e. The maximum Gasteiger partial charge on any atom is 0.317 e. The van der Waals surface area contributed by atoms with Crippen LogP contribution >= 0.6 is 0 Å². The number of nitrogens with zero attached hydrogens (tertiary/aromatic N) is 5. The Morgan fingerprint density at radius 3 is 2.60 bits per heavy atom. The molecule has 25 heavy (non-hydrogen) atoms. The van der Waals surface area contributed by atoms with Gasteiger partial charge in [0.1, 0.15) is 5.76 Å². The van der Waals surface area contributed by atoms with E-state index in [2.05, 4.69) is 27.4 Å². The van der Waals surface area contributed by atoms with Gasteiger partial charge in [0.2, 0.25) is 0 Å². The third-order valence-corrected chi connectivity index (χ3v) is 4.76. The third kappa shape index (κ3) is 3.78. The van der Waals surface area contributed by atoms with Crippen LogP contribution in [0.2, 0.25) is 0 Å². The van der Waals surface area contributed by atoms with E-state index in [9.17, 15) is 4.79 Å². The zero-order valence-electron chi connectivity index (χ0n) is 15.3. The molecule has 8 nitrogen and oxygen atoms in total. The highest BCUT2D eigenvalue weighted by molar-refractivity contribution is 5.74. The van der Waals surface area contributed by atoms with Crippen LogP contribution in [0.15, 0.2) is 16.9 Å². The number of urea groups is 1. The summed E-state index contributed by atoms with van der Waals surface area (Å²) >= 11 is 0. The van der Waals surface area contributed by atoms with Gasteiger partial charge in [-0.3, -0.25) is 4.68 Å². The van der Waals surface area contributed by atoms with Crippen molar-refractivity contribution in [3.63, 3.8) is 0 Å². The SMILES string of the molecule is Cc1noc(C)c1C(C)CNC(=O)N1CCN(c2cnn(C)c2)CC1. The van der Waals surface area contributed by atoms with E-state index in [1.807, 2.05) is 38.2 Å². The summed E-state index contributed by atoms with van der Waals surface area (Å²) in [5, 5.41) is 11.2. The topological polar surface area (TPSA) is 79.4 Å². The van der Waals surface area contributed by atoms with Gasteiger partial charge < -0.3 is 19.6 Å². The van der Waals surface area contributed by atoms with Gasteiger partial charge in [-0.05, 0) is 13.8 Å². The summed E-state index contributed by atoms with van der Waals surface area (Å²) < 4.78 is 7.01. The molecule has 1 aliphatic rings. The quantitative estimate of drug-likeness (QED) is 0.911. The number of rotatable bonds is 4. The highest BCUT2D eigenvalue weighted by Crippen LogP contribution is 2.22. The number of nitrogens with one attached hydrogen (secondary N) is 1. The smallest absolute Gasteiger partial charge is 0.317 e. The molecule has 3 heterocycles. The predicted molar refractivity (Wildman–Crippen MR) is 94.8 cm³/mol. The van der Waals surface area contributed by atoms with E-state index in [1.54, 1.807) is 4.68 Å². The molecule has 0 saturated carbocycles. The molecule has 8 heteroatoms. The Bertz CT molecular complexity index is 710. The van der Waals surface area contributed by atoms with E-state index in [4.69, 9.17) is 4.52 Å². The molecule has 1 N–H and O–H groups in total. The minimum atomic E-state index is -0.00977. The molecule has 0 bridgehead atoms. The van der Waals surface area contributed by atoms with Gasteiger partial charge in [0.15, 0.2) is 0 Å². The number of anilines is 1. The lowest BCUT2D eigenvalue weighted by molar-refractivity contribution is 0.194. The molecule has 1 fully saturated rings. The van der Waals surface area contributed by atoms with Gasteiger partial charge in [0, 0.05) is 57.4 Å². The summed E-state index contributed by atoms with van der Waals surface area (Å²) in [5.41, 5.74) is 3.08. The molecule has 0 spiro atoms. The first-order valence-corrected chi connectivity index (χ1v) is 8.65. The Kier molecular flexibility index (Phi) is 4.96. The standard InChI is InChI=1S/C17H26N6O2/c1-12(16-13(2)20-25-14(16)3)9-18-17(24)23-7-5-22(6-8-23)15-10-19-21(4)11-15/h10-12H,5-9H2,1-4H3,(H,18,24). The fourth-order valence-corrected chi connectivity index (χ4v) is 3.39. The van der Waals surface area contributed by atoms with Crippen LogP contribution in [0.3, 0.4) is 0 Å². The second-order valence-corrected chi connectivity index (χ2v) is 6.67. The molecule has 2 aromatic rings. The van der Waals surface area contributed by atoms with E-state index in [-0.39, 0.29) is 11.9 Å². The van der Waals surface area contributed by atoms with Gasteiger partial charge in [0.05, 0.1) is 17.6 Å². The minimum absolute atomic E-state index is 0.00977. The van der Waals surface area contributed by atoms with Crippen molar-refractivity contribution in [3.05, 3.63) is 29.4 Å². The molecule has 2 amide bonds. The molecule has 0 aromatic carbocycles. The van der Waals surface area contributed by atoms with E-state index in [0.717, 1.165) is 35.8 Å². The summed E-state index contributed by atoms with van der Waals surface area (Å²) in [5.74, 6) is 0.996. The number of carbonyl (C=O) groups excluding carboxylic acids is 1. The average molecular weight is 346 g/mol. The monoisotopic (exact) mass is 346 g/mol. The molecular weight excluding hydrogens is 320 g/mol. The summed E-state index contributed by atoms with van der Waals surface area (Å²) in [4.78, 5) is 16.6. The Morgan fingerprint density at radius 1 is 1.32 bits per heavy atom. The van der Waals surface area contributed by atoms with E-state index >= 15 is 0 Å². The van der Waals surface area contributed by atoms with Crippen molar-refractivity contribution in [1.82, 2.24) is 25.2 Å². The highest BCUT2D eigenvalue weighted by atomic mass is 16.5. The van der Waals surface area contributed by atoms with Crippen LogP contribution in [-0.4, -0.2) is 58.6 Å². The lowest BCUT2D eigenvalue weighted by Crippen LogP contribution is -2.52. The lowest BCUT2D eigenvalue weighted by atomic mass is 10.00. The van der Waals surface area contributed by atoms with Crippen molar-refractivity contribution in [2.24, 2.45) is 7.05 Å². The van der Waals surface area contributed by atoms with Crippen molar-refractivity contribution in [2.75, 3.05) is 37.6 Å². The van der Waals surface area contributed by atoms with Crippen LogP contribution in [-0.2, 0) is 7.05 Å². The number of aromatic nitrogens is 3. The number of aryl methyl sites for hydroxylation is 3. The lowest BCUT2D eigenvalue weighted by Gasteiger charge is -2.35. The zero-order chi connectivity index (χ0) is 18.0. The van der Waals surface area contributed by atoms with Crippen LogP contribution in [0.25, 0.3) is 0 Å². The van der Waals surface area contributed by atoms with Gasteiger partial charge in [0.25, 0.3) is 0 Å². The van der Waals surface area contributed by atoms with Crippen molar-refractivity contribution < 1.29 is 9.32 Å². The van der Waals surface area contributed by atoms with Gasteiger partial charge in [-0.1, -0.05) is 12.1 Å². The highest BCUT2D eigenvalue weighted by Gasteiger charge is 2.23. The zero-order valence-corrected chi connectivity index (χ0v) is 15.3. The maximum absolute atomic E-state index is 12.4. The third-order valence-electron chi connectivity index (χ3n) is 4.76. The molecule has 2 aromatic heterocycles. The number of hydrogen-bond donors (Lipinski definition) is 1. The first-order valence-electron chi connectivity index (χ1n) is 8.65. The van der Waals surface area contributed by atoms with Crippen LogP contribution in [0.1, 0.15) is 29.9 Å². The average Bonchev–Trinajstić information content (AvgIpc) is 3.18. The van der Waals surface area contributed by atoms with Gasteiger partial charge in [-0.15, -0.1) is 0 Å². The molecule has 1 aliphatic heterocycles. The first kappa shape index (κ1) is 17.3. The Morgan fingerprint density at radius 2 is 2.04 bits per heavy atom. The van der Waals surface area contributed by atoms with Gasteiger partial charge in [-0.25, -0.2) is 4.79 Å². The summed E-state index contributed by atoms with van der Waals surface area (Å²) in [7, 11) is 1.91. The van der Waals surface area contributed by atoms with Crippen LogP contribution < -0.4 is 10.2 Å². The van der Waals surface area contributed by atoms with Crippen molar-refractivity contribution in [3.8, 4) is 0 Å². The molecule has 1 unspecified atom stereocenters. The molecule has 3 rings (SSSR count). The summed E-state index contributed by atoms with van der Waals surface area (Å²) in [6.45, 7) is 9.54. The fourth-order valence-electron chi connectivity index (χ4n) is 3.39. The van der Waals surface area contributed by atoms with Crippen molar-refractivity contribution in [1.29, 1.82) is 0 Å². The van der Waals surface area contributed by atoms with Crippen molar-refractivity contribution >= 4 is 11.7 Å².